The normalized spacial score (nSPS) is 32.0. The van der Waals surface area contributed by atoms with Gasteiger partial charge in [0.25, 0.3) is 0 Å². The molecule has 0 unspecified atom stereocenters. The van der Waals surface area contributed by atoms with Gasteiger partial charge in [-0.3, -0.25) is 4.79 Å². The van der Waals surface area contributed by atoms with Crippen molar-refractivity contribution in [1.29, 1.82) is 0 Å². The minimum absolute atomic E-state index is 0.0735. The van der Waals surface area contributed by atoms with E-state index in [-0.39, 0.29) is 17.8 Å². The molecular formula is C14H20O3. The molecule has 0 heterocycles. The SMILES string of the molecule is CCOC(=O)C1=C[C@H](CC)C[C@H]2C(=O)CC[C@H]12. The number of carbonyl (C=O) groups excluding carboxylic acids is 2. The Kier molecular flexibility index (Phi) is 3.65. The Morgan fingerprint density at radius 3 is 2.82 bits per heavy atom. The van der Waals surface area contributed by atoms with Gasteiger partial charge < -0.3 is 4.74 Å². The molecule has 0 aliphatic heterocycles. The number of hydrogen-bond acceptors (Lipinski definition) is 3. The molecule has 1 saturated carbocycles. The molecule has 3 heteroatoms. The first kappa shape index (κ1) is 12.3. The van der Waals surface area contributed by atoms with Crippen LogP contribution in [0.15, 0.2) is 11.6 Å². The van der Waals surface area contributed by atoms with Crippen molar-refractivity contribution >= 4 is 11.8 Å². The van der Waals surface area contributed by atoms with E-state index in [2.05, 4.69) is 13.0 Å². The molecule has 0 aromatic carbocycles. The highest BCUT2D eigenvalue weighted by Crippen LogP contribution is 2.43. The summed E-state index contributed by atoms with van der Waals surface area (Å²) in [5.74, 6) is 0.685. The van der Waals surface area contributed by atoms with E-state index in [9.17, 15) is 9.59 Å². The zero-order valence-corrected chi connectivity index (χ0v) is 10.6. The lowest BCUT2D eigenvalue weighted by Crippen LogP contribution is -2.28. The van der Waals surface area contributed by atoms with Crippen LogP contribution < -0.4 is 0 Å². The minimum Gasteiger partial charge on any atom is -0.463 e. The van der Waals surface area contributed by atoms with Gasteiger partial charge in [-0.2, -0.15) is 0 Å². The zero-order chi connectivity index (χ0) is 12.4. The summed E-state index contributed by atoms with van der Waals surface area (Å²) in [7, 11) is 0. The molecule has 2 aliphatic rings. The van der Waals surface area contributed by atoms with Gasteiger partial charge in [0.05, 0.1) is 6.61 Å². The van der Waals surface area contributed by atoms with Gasteiger partial charge in [0.2, 0.25) is 0 Å². The van der Waals surface area contributed by atoms with Crippen molar-refractivity contribution in [2.75, 3.05) is 6.61 Å². The van der Waals surface area contributed by atoms with Crippen LogP contribution in [-0.4, -0.2) is 18.4 Å². The predicted molar refractivity (Wildman–Crippen MR) is 64.3 cm³/mol. The van der Waals surface area contributed by atoms with Crippen molar-refractivity contribution in [3.63, 3.8) is 0 Å². The molecule has 0 aromatic rings. The van der Waals surface area contributed by atoms with Crippen molar-refractivity contribution in [1.82, 2.24) is 0 Å². The van der Waals surface area contributed by atoms with E-state index in [0.29, 0.717) is 24.7 Å². The van der Waals surface area contributed by atoms with E-state index >= 15 is 0 Å². The highest BCUT2D eigenvalue weighted by atomic mass is 16.5. The Hall–Kier alpha value is -1.12. The van der Waals surface area contributed by atoms with Gasteiger partial charge in [0, 0.05) is 23.8 Å². The summed E-state index contributed by atoms with van der Waals surface area (Å²) in [5, 5.41) is 0. The lowest BCUT2D eigenvalue weighted by Gasteiger charge is -2.29. The molecule has 0 bridgehead atoms. The van der Waals surface area contributed by atoms with Crippen LogP contribution in [-0.2, 0) is 14.3 Å². The third kappa shape index (κ3) is 2.28. The molecule has 0 N–H and O–H groups in total. The number of ether oxygens (including phenoxy) is 1. The average molecular weight is 236 g/mol. The second kappa shape index (κ2) is 5.03. The fourth-order valence-corrected chi connectivity index (χ4v) is 3.07. The lowest BCUT2D eigenvalue weighted by atomic mass is 9.75. The van der Waals surface area contributed by atoms with Gasteiger partial charge in [-0.05, 0) is 32.1 Å². The molecular weight excluding hydrogens is 216 g/mol. The molecule has 0 aromatic heterocycles. The predicted octanol–water partition coefficient (Wildman–Crippen LogP) is 2.50. The van der Waals surface area contributed by atoms with Crippen molar-refractivity contribution in [3.05, 3.63) is 11.6 Å². The van der Waals surface area contributed by atoms with Crippen LogP contribution in [0.5, 0.6) is 0 Å². The van der Waals surface area contributed by atoms with Gasteiger partial charge in [-0.1, -0.05) is 13.0 Å². The first-order valence-electron chi connectivity index (χ1n) is 6.58. The average Bonchev–Trinajstić information content (AvgIpc) is 2.70. The maximum atomic E-state index is 11.9. The summed E-state index contributed by atoms with van der Waals surface area (Å²) in [4.78, 5) is 23.7. The van der Waals surface area contributed by atoms with Crippen LogP contribution in [0.1, 0.15) is 39.5 Å². The summed E-state index contributed by atoms with van der Waals surface area (Å²) in [5.41, 5.74) is 0.765. The number of hydrogen-bond donors (Lipinski definition) is 0. The number of allylic oxidation sites excluding steroid dienone is 1. The number of carbonyl (C=O) groups is 2. The molecule has 0 spiro atoms. The highest BCUT2D eigenvalue weighted by molar-refractivity contribution is 5.93. The highest BCUT2D eigenvalue weighted by Gasteiger charge is 2.42. The fourth-order valence-electron chi connectivity index (χ4n) is 3.07. The summed E-state index contributed by atoms with van der Waals surface area (Å²) in [6.07, 6.45) is 5.41. The molecule has 2 aliphatic carbocycles. The summed E-state index contributed by atoms with van der Waals surface area (Å²) in [6, 6.07) is 0. The van der Waals surface area contributed by atoms with E-state index in [1.165, 1.54) is 0 Å². The Bertz CT molecular complexity index is 356. The number of fused-ring (bicyclic) bond motifs is 1. The van der Waals surface area contributed by atoms with E-state index in [1.807, 2.05) is 6.92 Å². The third-order valence-corrected chi connectivity index (χ3v) is 4.01. The number of ketones is 1. The molecule has 94 valence electrons. The van der Waals surface area contributed by atoms with E-state index in [0.717, 1.165) is 24.8 Å². The summed E-state index contributed by atoms with van der Waals surface area (Å²) < 4.78 is 5.10. The van der Waals surface area contributed by atoms with Crippen molar-refractivity contribution in [3.8, 4) is 0 Å². The first-order valence-corrected chi connectivity index (χ1v) is 6.58. The molecule has 0 amide bonds. The number of rotatable bonds is 3. The van der Waals surface area contributed by atoms with Gasteiger partial charge in [0.15, 0.2) is 0 Å². The smallest absolute Gasteiger partial charge is 0.333 e. The molecule has 17 heavy (non-hydrogen) atoms. The van der Waals surface area contributed by atoms with Gasteiger partial charge >= 0.3 is 5.97 Å². The Morgan fingerprint density at radius 1 is 1.41 bits per heavy atom. The molecule has 2 rings (SSSR count). The third-order valence-electron chi connectivity index (χ3n) is 4.01. The topological polar surface area (TPSA) is 43.4 Å². The maximum absolute atomic E-state index is 11.9. The maximum Gasteiger partial charge on any atom is 0.333 e. The monoisotopic (exact) mass is 236 g/mol. The Morgan fingerprint density at radius 2 is 2.18 bits per heavy atom. The van der Waals surface area contributed by atoms with Crippen molar-refractivity contribution < 1.29 is 14.3 Å². The fraction of sp³-hybridized carbons (Fsp3) is 0.714. The second-order valence-corrected chi connectivity index (χ2v) is 4.96. The minimum atomic E-state index is -0.213. The summed E-state index contributed by atoms with van der Waals surface area (Å²) >= 11 is 0. The Balaban J connectivity index is 2.24. The zero-order valence-electron chi connectivity index (χ0n) is 10.6. The van der Waals surface area contributed by atoms with Crippen molar-refractivity contribution in [2.24, 2.45) is 17.8 Å². The molecule has 3 atom stereocenters. The first-order chi connectivity index (χ1) is 8.17. The lowest BCUT2D eigenvalue weighted by molar-refractivity contribution is -0.139. The van der Waals surface area contributed by atoms with Crippen LogP contribution in [0.25, 0.3) is 0 Å². The van der Waals surface area contributed by atoms with E-state index in [1.54, 1.807) is 0 Å². The van der Waals surface area contributed by atoms with E-state index < -0.39 is 0 Å². The number of esters is 1. The largest absolute Gasteiger partial charge is 0.463 e. The molecule has 0 radical (unpaired) electrons. The number of Topliss-reactive ketones (excluding diaryl/α,β-unsaturated/α-hetero) is 1. The van der Waals surface area contributed by atoms with Crippen LogP contribution in [0.4, 0.5) is 0 Å². The molecule has 1 fully saturated rings. The van der Waals surface area contributed by atoms with Gasteiger partial charge in [-0.25, -0.2) is 4.79 Å². The van der Waals surface area contributed by atoms with Gasteiger partial charge in [0.1, 0.15) is 5.78 Å². The van der Waals surface area contributed by atoms with Crippen LogP contribution in [0, 0.1) is 17.8 Å². The van der Waals surface area contributed by atoms with Crippen LogP contribution in [0.3, 0.4) is 0 Å². The molecule has 0 saturated heterocycles. The quantitative estimate of drug-likeness (QED) is 0.707. The van der Waals surface area contributed by atoms with Crippen molar-refractivity contribution in [2.45, 2.75) is 39.5 Å². The molecule has 3 nitrogen and oxygen atoms in total. The Labute approximate surface area is 102 Å². The van der Waals surface area contributed by atoms with Crippen LogP contribution >= 0.6 is 0 Å². The van der Waals surface area contributed by atoms with E-state index in [4.69, 9.17) is 4.74 Å². The van der Waals surface area contributed by atoms with Crippen LogP contribution in [0.2, 0.25) is 0 Å². The standard InChI is InChI=1S/C14H20O3/c1-3-9-7-11-10(5-6-13(11)15)12(8-9)14(16)17-4-2/h8-11H,3-7H2,1-2H3/t9-,10+,11-/m1/s1. The summed E-state index contributed by atoms with van der Waals surface area (Å²) in [6.45, 7) is 4.32. The second-order valence-electron chi connectivity index (χ2n) is 4.96. The van der Waals surface area contributed by atoms with Gasteiger partial charge in [-0.15, -0.1) is 0 Å².